The van der Waals surface area contributed by atoms with E-state index in [0.717, 1.165) is 37.8 Å². The molecule has 0 aliphatic rings. The minimum Gasteiger partial charge on any atom is -0.258 e. The molecule has 0 fully saturated rings. The van der Waals surface area contributed by atoms with Crippen LogP contribution < -0.4 is 0 Å². The van der Waals surface area contributed by atoms with Crippen molar-refractivity contribution in [3.8, 4) is 0 Å². The van der Waals surface area contributed by atoms with Gasteiger partial charge in [-0.25, -0.2) is 0 Å². The van der Waals surface area contributed by atoms with Crippen LogP contribution >= 0.6 is 0 Å². The second-order valence-electron chi connectivity index (χ2n) is 9.20. The van der Waals surface area contributed by atoms with Gasteiger partial charge in [-0.3, -0.25) is 4.99 Å². The van der Waals surface area contributed by atoms with Crippen molar-refractivity contribution < 1.29 is 0 Å². The maximum absolute atomic E-state index is 5.12. The van der Waals surface area contributed by atoms with Crippen molar-refractivity contribution in [2.45, 2.75) is 86.0 Å². The Kier molecular flexibility index (Phi) is 11.7. The normalized spacial score (nSPS) is 13.1. The number of aliphatic imine (C=N–C) groups is 1. The van der Waals surface area contributed by atoms with Gasteiger partial charge in [-0.05, 0) is 75.1 Å². The van der Waals surface area contributed by atoms with Crippen LogP contribution in [0.5, 0.6) is 0 Å². The van der Waals surface area contributed by atoms with Crippen LogP contribution in [0.3, 0.4) is 0 Å². The van der Waals surface area contributed by atoms with Crippen molar-refractivity contribution in [3.05, 3.63) is 100 Å². The van der Waals surface area contributed by atoms with Gasteiger partial charge in [-0.1, -0.05) is 105 Å². The van der Waals surface area contributed by atoms with Crippen LogP contribution in [0.4, 0.5) is 0 Å². The zero-order valence-electron chi connectivity index (χ0n) is 21.6. The Labute approximate surface area is 203 Å². The van der Waals surface area contributed by atoms with Gasteiger partial charge in [-0.2, -0.15) is 0 Å². The molecular formula is C32H43N. The van der Waals surface area contributed by atoms with Crippen LogP contribution in [-0.2, 0) is 6.42 Å². The molecule has 0 aliphatic heterocycles. The SMILES string of the molecule is C=C(C/C(C)=C\c1ccccc1C)N=C(CCCCC)/C(CC)=C(\C)CCc1ccccc1. The molecule has 0 unspecified atom stereocenters. The predicted octanol–water partition coefficient (Wildman–Crippen LogP) is 9.68. The topological polar surface area (TPSA) is 12.4 Å². The molecule has 176 valence electrons. The number of aryl methyl sites for hydroxylation is 2. The summed E-state index contributed by atoms with van der Waals surface area (Å²) in [6, 6.07) is 19.3. The van der Waals surface area contributed by atoms with Crippen molar-refractivity contribution in [2.75, 3.05) is 0 Å². The predicted molar refractivity (Wildman–Crippen MR) is 148 cm³/mol. The molecule has 2 aromatic rings. The van der Waals surface area contributed by atoms with Gasteiger partial charge in [0.15, 0.2) is 0 Å². The Morgan fingerprint density at radius 1 is 0.909 bits per heavy atom. The molecule has 0 saturated carbocycles. The summed E-state index contributed by atoms with van der Waals surface area (Å²) in [5.41, 5.74) is 10.4. The van der Waals surface area contributed by atoms with Gasteiger partial charge in [0.2, 0.25) is 0 Å². The average Bonchev–Trinajstić information content (AvgIpc) is 2.80. The lowest BCUT2D eigenvalue weighted by atomic mass is 9.93. The lowest BCUT2D eigenvalue weighted by Gasteiger charge is -2.15. The lowest BCUT2D eigenvalue weighted by molar-refractivity contribution is 0.739. The van der Waals surface area contributed by atoms with Crippen molar-refractivity contribution in [1.29, 1.82) is 0 Å². The summed E-state index contributed by atoms with van der Waals surface area (Å²) in [6.45, 7) is 15.5. The van der Waals surface area contributed by atoms with E-state index in [0.29, 0.717) is 0 Å². The molecular weight excluding hydrogens is 398 g/mol. The minimum atomic E-state index is 0.811. The van der Waals surface area contributed by atoms with E-state index in [-0.39, 0.29) is 0 Å². The number of hydrogen-bond acceptors (Lipinski definition) is 1. The molecule has 0 spiro atoms. The summed E-state index contributed by atoms with van der Waals surface area (Å²) >= 11 is 0. The lowest BCUT2D eigenvalue weighted by Crippen LogP contribution is -2.07. The van der Waals surface area contributed by atoms with E-state index >= 15 is 0 Å². The van der Waals surface area contributed by atoms with Crippen molar-refractivity contribution in [1.82, 2.24) is 0 Å². The third-order valence-corrected chi connectivity index (χ3v) is 6.23. The minimum absolute atomic E-state index is 0.811. The summed E-state index contributed by atoms with van der Waals surface area (Å²) < 4.78 is 0. The Morgan fingerprint density at radius 3 is 2.27 bits per heavy atom. The first-order valence-electron chi connectivity index (χ1n) is 12.7. The molecule has 0 amide bonds. The zero-order valence-corrected chi connectivity index (χ0v) is 21.6. The van der Waals surface area contributed by atoms with Crippen LogP contribution in [-0.4, -0.2) is 5.71 Å². The van der Waals surface area contributed by atoms with Crippen LogP contribution in [0.25, 0.3) is 6.08 Å². The Hall–Kier alpha value is -2.67. The van der Waals surface area contributed by atoms with Gasteiger partial charge in [-0.15, -0.1) is 0 Å². The van der Waals surface area contributed by atoms with Gasteiger partial charge in [0, 0.05) is 17.8 Å². The molecule has 0 aromatic heterocycles. The van der Waals surface area contributed by atoms with Gasteiger partial charge < -0.3 is 0 Å². The molecule has 0 aliphatic carbocycles. The fourth-order valence-electron chi connectivity index (χ4n) is 4.31. The number of allylic oxidation sites excluding steroid dienone is 3. The largest absolute Gasteiger partial charge is 0.258 e. The summed E-state index contributed by atoms with van der Waals surface area (Å²) in [5.74, 6) is 0. The highest BCUT2D eigenvalue weighted by molar-refractivity contribution is 6.01. The molecule has 1 heteroatoms. The average molecular weight is 442 g/mol. The molecule has 1 nitrogen and oxygen atoms in total. The fourth-order valence-corrected chi connectivity index (χ4v) is 4.31. The molecule has 0 N–H and O–H groups in total. The monoisotopic (exact) mass is 441 g/mol. The Bertz CT molecular complexity index is 973. The highest BCUT2D eigenvalue weighted by Crippen LogP contribution is 2.23. The molecule has 0 radical (unpaired) electrons. The number of nitrogens with zero attached hydrogens (tertiary/aromatic N) is 1. The highest BCUT2D eigenvalue weighted by atomic mass is 14.8. The molecule has 0 bridgehead atoms. The van der Waals surface area contributed by atoms with Crippen LogP contribution in [0.15, 0.2) is 88.6 Å². The zero-order chi connectivity index (χ0) is 24.1. The van der Waals surface area contributed by atoms with Crippen LogP contribution in [0.1, 0.15) is 89.3 Å². The number of rotatable bonds is 13. The molecule has 0 saturated heterocycles. The van der Waals surface area contributed by atoms with Crippen molar-refractivity contribution in [3.63, 3.8) is 0 Å². The molecule has 2 rings (SSSR count). The standard InChI is InChI=1S/C32H43N/c1-7-9-11-20-32(31(8-2)27(5)21-22-29-17-12-10-13-18-29)33-28(6)23-25(3)24-30-19-15-14-16-26(30)4/h10,12-19,24H,6-9,11,20-23H2,1-5H3/b25-24-,31-27+,33-32?. The van der Waals surface area contributed by atoms with E-state index in [1.165, 1.54) is 58.4 Å². The molecule has 2 aromatic carbocycles. The first-order chi connectivity index (χ1) is 15.9. The van der Waals surface area contributed by atoms with Crippen LogP contribution in [0, 0.1) is 6.92 Å². The number of hydrogen-bond donors (Lipinski definition) is 0. The van der Waals surface area contributed by atoms with Crippen molar-refractivity contribution in [2.24, 2.45) is 4.99 Å². The second kappa shape index (κ2) is 14.5. The maximum atomic E-state index is 5.12. The molecule has 0 heterocycles. The quantitative estimate of drug-likeness (QED) is 0.217. The summed E-state index contributed by atoms with van der Waals surface area (Å²) in [7, 11) is 0. The van der Waals surface area contributed by atoms with Gasteiger partial charge >= 0.3 is 0 Å². The van der Waals surface area contributed by atoms with Gasteiger partial charge in [0.1, 0.15) is 0 Å². The van der Waals surface area contributed by atoms with Crippen LogP contribution in [0.2, 0.25) is 0 Å². The van der Waals surface area contributed by atoms with Gasteiger partial charge in [0.05, 0.1) is 0 Å². The maximum Gasteiger partial charge on any atom is 0.0438 e. The smallest absolute Gasteiger partial charge is 0.0438 e. The van der Waals surface area contributed by atoms with E-state index in [9.17, 15) is 0 Å². The van der Waals surface area contributed by atoms with E-state index in [1.807, 2.05) is 0 Å². The first-order valence-corrected chi connectivity index (χ1v) is 12.7. The number of benzene rings is 2. The molecule has 0 atom stereocenters. The van der Waals surface area contributed by atoms with Crippen molar-refractivity contribution >= 4 is 11.8 Å². The van der Waals surface area contributed by atoms with E-state index in [1.54, 1.807) is 0 Å². The Balaban J connectivity index is 2.20. The third kappa shape index (κ3) is 9.38. The third-order valence-electron chi connectivity index (χ3n) is 6.23. The summed E-state index contributed by atoms with van der Waals surface area (Å²) in [6.07, 6.45) is 11.0. The highest BCUT2D eigenvalue weighted by Gasteiger charge is 2.11. The fraction of sp³-hybridized carbons (Fsp3) is 0.406. The summed E-state index contributed by atoms with van der Waals surface area (Å²) in [5, 5.41) is 0. The molecule has 33 heavy (non-hydrogen) atoms. The first kappa shape index (κ1) is 26.6. The summed E-state index contributed by atoms with van der Waals surface area (Å²) in [4.78, 5) is 5.12. The van der Waals surface area contributed by atoms with E-state index in [4.69, 9.17) is 4.99 Å². The second-order valence-corrected chi connectivity index (χ2v) is 9.20. The van der Waals surface area contributed by atoms with E-state index in [2.05, 4.69) is 102 Å². The number of unbranched alkanes of at least 4 members (excludes halogenated alkanes) is 2. The Morgan fingerprint density at radius 2 is 1.61 bits per heavy atom. The van der Waals surface area contributed by atoms with E-state index < -0.39 is 0 Å². The van der Waals surface area contributed by atoms with Gasteiger partial charge in [0.25, 0.3) is 0 Å².